The van der Waals surface area contributed by atoms with Crippen LogP contribution < -0.4 is 4.74 Å². The molecule has 3 aromatic rings. The summed E-state index contributed by atoms with van der Waals surface area (Å²) in [5.74, 6) is 0.427. The van der Waals surface area contributed by atoms with Gasteiger partial charge in [-0.1, -0.05) is 43.5 Å². The quantitative estimate of drug-likeness (QED) is 0.692. The molecule has 1 fully saturated rings. The SMILES string of the molecule is Cc1cc2c(OCC(=O)O)cc3ccccc3c2n1CC1CCCCC1. The Labute approximate surface area is 153 Å². The summed E-state index contributed by atoms with van der Waals surface area (Å²) in [6, 6.07) is 12.4. The number of aliphatic carboxylic acids is 1. The van der Waals surface area contributed by atoms with Gasteiger partial charge in [0.2, 0.25) is 0 Å². The molecule has 1 N–H and O–H groups in total. The number of nitrogens with zero attached hydrogens (tertiary/aromatic N) is 1. The van der Waals surface area contributed by atoms with Gasteiger partial charge in [-0.2, -0.15) is 0 Å². The first kappa shape index (κ1) is 17.0. The van der Waals surface area contributed by atoms with Gasteiger partial charge >= 0.3 is 5.97 Å². The maximum atomic E-state index is 11.0. The number of ether oxygens (including phenoxy) is 1. The molecule has 1 saturated carbocycles. The van der Waals surface area contributed by atoms with Crippen molar-refractivity contribution in [3.63, 3.8) is 0 Å². The molecule has 26 heavy (non-hydrogen) atoms. The van der Waals surface area contributed by atoms with Gasteiger partial charge in [-0.05, 0) is 43.2 Å². The zero-order valence-corrected chi connectivity index (χ0v) is 15.2. The molecule has 0 unspecified atom stereocenters. The molecule has 0 bridgehead atoms. The van der Waals surface area contributed by atoms with Crippen LogP contribution in [0.15, 0.2) is 36.4 Å². The Morgan fingerprint density at radius 3 is 2.69 bits per heavy atom. The van der Waals surface area contributed by atoms with Gasteiger partial charge in [0.1, 0.15) is 5.75 Å². The van der Waals surface area contributed by atoms with Crippen molar-refractivity contribution in [3.8, 4) is 5.75 Å². The van der Waals surface area contributed by atoms with Gasteiger partial charge in [0.15, 0.2) is 6.61 Å². The molecule has 2 aromatic carbocycles. The van der Waals surface area contributed by atoms with Gasteiger partial charge in [-0.15, -0.1) is 0 Å². The smallest absolute Gasteiger partial charge is 0.341 e. The number of hydrogen-bond donors (Lipinski definition) is 1. The van der Waals surface area contributed by atoms with E-state index in [-0.39, 0.29) is 6.61 Å². The number of rotatable bonds is 5. The van der Waals surface area contributed by atoms with E-state index in [9.17, 15) is 4.79 Å². The first-order chi connectivity index (χ1) is 12.6. The third-order valence-electron chi connectivity index (χ3n) is 5.59. The second-order valence-corrected chi connectivity index (χ2v) is 7.44. The summed E-state index contributed by atoms with van der Waals surface area (Å²) >= 11 is 0. The van der Waals surface area contributed by atoms with Gasteiger partial charge in [-0.25, -0.2) is 4.79 Å². The Hall–Kier alpha value is -2.49. The Morgan fingerprint density at radius 2 is 1.92 bits per heavy atom. The lowest BCUT2D eigenvalue weighted by Gasteiger charge is -2.23. The van der Waals surface area contributed by atoms with E-state index in [0.717, 1.165) is 23.2 Å². The van der Waals surface area contributed by atoms with E-state index in [4.69, 9.17) is 9.84 Å². The van der Waals surface area contributed by atoms with E-state index in [2.05, 4.69) is 35.8 Å². The molecule has 4 rings (SSSR count). The van der Waals surface area contributed by atoms with Crippen LogP contribution in [0.2, 0.25) is 0 Å². The van der Waals surface area contributed by atoms with Crippen molar-refractivity contribution in [2.24, 2.45) is 5.92 Å². The number of carboxylic acid groups (broad SMARTS) is 1. The van der Waals surface area contributed by atoms with Gasteiger partial charge in [0.05, 0.1) is 5.52 Å². The fourth-order valence-electron chi connectivity index (χ4n) is 4.33. The summed E-state index contributed by atoms with van der Waals surface area (Å²) in [4.78, 5) is 11.0. The molecule has 1 aliphatic rings. The van der Waals surface area contributed by atoms with Crippen LogP contribution in [0.5, 0.6) is 5.75 Å². The van der Waals surface area contributed by atoms with E-state index in [0.29, 0.717) is 5.75 Å². The van der Waals surface area contributed by atoms with Crippen molar-refractivity contribution >= 4 is 27.6 Å². The van der Waals surface area contributed by atoms with Gasteiger partial charge in [0, 0.05) is 23.0 Å². The summed E-state index contributed by atoms with van der Waals surface area (Å²) < 4.78 is 8.05. The molecular weight excluding hydrogens is 326 g/mol. The highest BCUT2D eigenvalue weighted by Gasteiger charge is 2.19. The topological polar surface area (TPSA) is 51.5 Å². The minimum atomic E-state index is -0.954. The first-order valence-corrected chi connectivity index (χ1v) is 9.49. The van der Waals surface area contributed by atoms with Crippen LogP contribution in [0.4, 0.5) is 0 Å². The fourth-order valence-corrected chi connectivity index (χ4v) is 4.33. The summed E-state index contributed by atoms with van der Waals surface area (Å²) in [7, 11) is 0. The molecule has 0 amide bonds. The number of carbonyl (C=O) groups is 1. The Kier molecular flexibility index (Phi) is 4.58. The van der Waals surface area contributed by atoms with Crippen molar-refractivity contribution in [3.05, 3.63) is 42.1 Å². The van der Waals surface area contributed by atoms with E-state index in [1.165, 1.54) is 48.7 Å². The number of hydrogen-bond acceptors (Lipinski definition) is 2. The molecule has 4 heteroatoms. The number of aryl methyl sites for hydroxylation is 1. The molecule has 0 aliphatic heterocycles. The molecular formula is C22H25NO3. The molecule has 136 valence electrons. The average molecular weight is 351 g/mol. The van der Waals surface area contributed by atoms with Crippen molar-refractivity contribution in [2.75, 3.05) is 6.61 Å². The average Bonchev–Trinajstić information content (AvgIpc) is 2.97. The van der Waals surface area contributed by atoms with Crippen LogP contribution in [0.25, 0.3) is 21.7 Å². The Balaban J connectivity index is 1.85. The molecule has 0 saturated heterocycles. The van der Waals surface area contributed by atoms with E-state index in [1.807, 2.05) is 12.1 Å². The highest BCUT2D eigenvalue weighted by Crippen LogP contribution is 2.37. The highest BCUT2D eigenvalue weighted by molar-refractivity contribution is 6.09. The largest absolute Gasteiger partial charge is 0.481 e. The standard InChI is InChI=1S/C22H25NO3/c1-15-11-19-20(26-14-21(24)25)12-17-9-5-6-10-18(17)22(19)23(15)13-16-7-3-2-4-8-16/h5-6,9-12,16H,2-4,7-8,13-14H2,1H3,(H,24,25). The maximum Gasteiger partial charge on any atom is 0.341 e. The highest BCUT2D eigenvalue weighted by atomic mass is 16.5. The number of carboxylic acids is 1. The Morgan fingerprint density at radius 1 is 1.15 bits per heavy atom. The monoisotopic (exact) mass is 351 g/mol. The number of aromatic nitrogens is 1. The Bertz CT molecular complexity index is 951. The zero-order chi connectivity index (χ0) is 18.1. The van der Waals surface area contributed by atoms with Crippen LogP contribution in [-0.4, -0.2) is 22.2 Å². The minimum Gasteiger partial charge on any atom is -0.481 e. The van der Waals surface area contributed by atoms with Crippen molar-refractivity contribution in [1.29, 1.82) is 0 Å². The molecule has 1 aromatic heterocycles. The van der Waals surface area contributed by atoms with Crippen molar-refractivity contribution < 1.29 is 14.6 Å². The molecule has 4 nitrogen and oxygen atoms in total. The zero-order valence-electron chi connectivity index (χ0n) is 15.2. The van der Waals surface area contributed by atoms with Crippen molar-refractivity contribution in [1.82, 2.24) is 4.57 Å². The van der Waals surface area contributed by atoms with Crippen molar-refractivity contribution in [2.45, 2.75) is 45.6 Å². The molecule has 1 heterocycles. The third-order valence-corrected chi connectivity index (χ3v) is 5.59. The predicted octanol–water partition coefficient (Wildman–Crippen LogP) is 5.15. The minimum absolute atomic E-state index is 0.319. The second kappa shape index (κ2) is 7.02. The van der Waals surface area contributed by atoms with Crippen LogP contribution in [0.3, 0.4) is 0 Å². The van der Waals surface area contributed by atoms with Gasteiger partial charge < -0.3 is 14.4 Å². The van der Waals surface area contributed by atoms with Crippen LogP contribution >= 0.6 is 0 Å². The predicted molar refractivity (Wildman–Crippen MR) is 104 cm³/mol. The maximum absolute atomic E-state index is 11.0. The summed E-state index contributed by atoms with van der Waals surface area (Å²) in [5.41, 5.74) is 2.38. The fraction of sp³-hybridized carbons (Fsp3) is 0.409. The second-order valence-electron chi connectivity index (χ2n) is 7.44. The van der Waals surface area contributed by atoms with Crippen LogP contribution in [0, 0.1) is 12.8 Å². The van der Waals surface area contributed by atoms with E-state index in [1.54, 1.807) is 0 Å². The summed E-state index contributed by atoms with van der Waals surface area (Å²) in [6.07, 6.45) is 6.61. The van der Waals surface area contributed by atoms with E-state index >= 15 is 0 Å². The lowest BCUT2D eigenvalue weighted by molar-refractivity contribution is -0.139. The van der Waals surface area contributed by atoms with Gasteiger partial charge in [-0.3, -0.25) is 0 Å². The first-order valence-electron chi connectivity index (χ1n) is 9.49. The number of fused-ring (bicyclic) bond motifs is 3. The lowest BCUT2D eigenvalue weighted by Crippen LogP contribution is -2.15. The lowest BCUT2D eigenvalue weighted by atomic mass is 9.89. The molecule has 0 spiro atoms. The van der Waals surface area contributed by atoms with Gasteiger partial charge in [0.25, 0.3) is 0 Å². The summed E-state index contributed by atoms with van der Waals surface area (Å²) in [6.45, 7) is 2.85. The summed E-state index contributed by atoms with van der Waals surface area (Å²) in [5, 5.41) is 12.3. The van der Waals surface area contributed by atoms with Crippen LogP contribution in [0.1, 0.15) is 37.8 Å². The van der Waals surface area contributed by atoms with Crippen LogP contribution in [-0.2, 0) is 11.3 Å². The third kappa shape index (κ3) is 3.16. The molecule has 0 atom stereocenters. The molecule has 1 aliphatic carbocycles. The van der Waals surface area contributed by atoms with E-state index < -0.39 is 5.97 Å². The molecule has 0 radical (unpaired) electrons. The number of benzene rings is 2. The normalized spacial score (nSPS) is 15.6.